The maximum absolute atomic E-state index is 13.2. The average Bonchev–Trinajstić information content (AvgIpc) is 2.92. The lowest BCUT2D eigenvalue weighted by atomic mass is 9.91. The van der Waals surface area contributed by atoms with Crippen molar-refractivity contribution in [3.05, 3.63) is 59.2 Å². The number of nitrogens with zero attached hydrogens (tertiary/aromatic N) is 3. The van der Waals surface area contributed by atoms with Crippen LogP contribution in [0.25, 0.3) is 0 Å². The van der Waals surface area contributed by atoms with E-state index in [4.69, 9.17) is 4.74 Å². The second kappa shape index (κ2) is 12.8. The molecule has 37 heavy (non-hydrogen) atoms. The molecule has 5 nitrogen and oxygen atoms in total. The lowest BCUT2D eigenvalue weighted by molar-refractivity contribution is 0.0746. The molecule has 2 unspecified atom stereocenters. The molecule has 2 fully saturated rings. The molecule has 0 aliphatic carbocycles. The second-order valence-corrected chi connectivity index (χ2v) is 11.4. The van der Waals surface area contributed by atoms with Gasteiger partial charge in [0, 0.05) is 56.6 Å². The number of carbonyl (C=O) groups excluding carboxylic acids is 1. The van der Waals surface area contributed by atoms with Gasteiger partial charge in [0.05, 0.1) is 6.61 Å². The summed E-state index contributed by atoms with van der Waals surface area (Å²) < 4.78 is 6.06. The van der Waals surface area contributed by atoms with Crippen LogP contribution in [0.4, 0.5) is 5.69 Å². The first-order valence-corrected chi connectivity index (χ1v) is 14.5. The van der Waals surface area contributed by atoms with Crippen LogP contribution in [0.5, 0.6) is 5.75 Å². The Bertz CT molecular complexity index is 1010. The third-order valence-corrected chi connectivity index (χ3v) is 8.47. The summed E-state index contributed by atoms with van der Waals surface area (Å²) in [6.07, 6.45) is 5.07. The van der Waals surface area contributed by atoms with E-state index in [2.05, 4.69) is 80.0 Å². The predicted octanol–water partition coefficient (Wildman–Crippen LogP) is 6.36. The topological polar surface area (TPSA) is 36.0 Å². The van der Waals surface area contributed by atoms with Crippen LogP contribution >= 0.6 is 0 Å². The lowest BCUT2D eigenvalue weighted by Gasteiger charge is -2.37. The van der Waals surface area contributed by atoms with E-state index in [1.165, 1.54) is 37.1 Å². The maximum atomic E-state index is 13.2. The van der Waals surface area contributed by atoms with Gasteiger partial charge in [0.15, 0.2) is 0 Å². The van der Waals surface area contributed by atoms with Gasteiger partial charge < -0.3 is 19.4 Å². The van der Waals surface area contributed by atoms with Crippen molar-refractivity contribution in [3.63, 3.8) is 0 Å². The van der Waals surface area contributed by atoms with Gasteiger partial charge >= 0.3 is 0 Å². The van der Waals surface area contributed by atoms with Crippen molar-refractivity contribution >= 4 is 11.6 Å². The van der Waals surface area contributed by atoms with Gasteiger partial charge in [-0.25, -0.2) is 0 Å². The minimum atomic E-state index is 0.160. The number of carbonyl (C=O) groups is 1. The molecular formula is C32H47N3O2. The van der Waals surface area contributed by atoms with Gasteiger partial charge in [-0.05, 0) is 86.4 Å². The van der Waals surface area contributed by atoms with Crippen LogP contribution in [0.2, 0.25) is 0 Å². The van der Waals surface area contributed by atoms with Crippen LogP contribution in [-0.2, 0) is 0 Å². The number of aryl methyl sites for hydroxylation is 1. The Balaban J connectivity index is 1.22. The molecule has 5 heteroatoms. The van der Waals surface area contributed by atoms with E-state index in [0.29, 0.717) is 12.0 Å². The van der Waals surface area contributed by atoms with Crippen molar-refractivity contribution in [2.75, 3.05) is 50.8 Å². The highest BCUT2D eigenvalue weighted by Gasteiger charge is 2.25. The Morgan fingerprint density at radius 1 is 1.03 bits per heavy atom. The Morgan fingerprint density at radius 2 is 1.76 bits per heavy atom. The van der Waals surface area contributed by atoms with Gasteiger partial charge in [-0.1, -0.05) is 39.3 Å². The number of hydrogen-bond acceptors (Lipinski definition) is 4. The third kappa shape index (κ3) is 7.07. The van der Waals surface area contributed by atoms with Crippen molar-refractivity contribution in [3.8, 4) is 5.75 Å². The fraction of sp³-hybridized carbons (Fsp3) is 0.594. The average molecular weight is 506 g/mol. The number of rotatable bonds is 9. The summed E-state index contributed by atoms with van der Waals surface area (Å²) in [6, 6.07) is 15.5. The molecule has 2 heterocycles. The molecule has 1 amide bonds. The largest absolute Gasteiger partial charge is 0.494 e. The van der Waals surface area contributed by atoms with E-state index < -0.39 is 0 Å². The molecular weight excluding hydrogens is 458 g/mol. The van der Waals surface area contributed by atoms with Crippen LogP contribution in [0.15, 0.2) is 42.5 Å². The van der Waals surface area contributed by atoms with E-state index in [9.17, 15) is 4.79 Å². The fourth-order valence-corrected chi connectivity index (χ4v) is 5.69. The van der Waals surface area contributed by atoms with Gasteiger partial charge in [-0.3, -0.25) is 4.79 Å². The quantitative estimate of drug-likeness (QED) is 0.372. The second-order valence-electron chi connectivity index (χ2n) is 11.4. The zero-order chi connectivity index (χ0) is 26.4. The van der Waals surface area contributed by atoms with Crippen molar-refractivity contribution in [1.82, 2.24) is 9.80 Å². The molecule has 2 atom stereocenters. The highest BCUT2D eigenvalue weighted by Crippen LogP contribution is 2.25. The van der Waals surface area contributed by atoms with Crippen LogP contribution in [0.3, 0.4) is 0 Å². The van der Waals surface area contributed by atoms with E-state index in [0.717, 1.165) is 68.5 Å². The molecule has 0 spiro atoms. The van der Waals surface area contributed by atoms with Crippen molar-refractivity contribution < 1.29 is 9.53 Å². The molecule has 4 rings (SSSR count). The molecule has 202 valence electrons. The van der Waals surface area contributed by atoms with Crippen LogP contribution in [-0.4, -0.2) is 67.6 Å². The van der Waals surface area contributed by atoms with E-state index in [1.54, 1.807) is 0 Å². The molecule has 0 aromatic heterocycles. The summed E-state index contributed by atoms with van der Waals surface area (Å²) in [5.74, 6) is 2.39. The van der Waals surface area contributed by atoms with Crippen molar-refractivity contribution in [2.45, 2.75) is 72.3 Å². The molecule has 0 saturated carbocycles. The number of piperidine rings is 1. The number of amides is 1. The normalized spacial score (nSPS) is 20.9. The highest BCUT2D eigenvalue weighted by molar-refractivity contribution is 5.96. The molecule has 2 saturated heterocycles. The molecule has 0 radical (unpaired) electrons. The van der Waals surface area contributed by atoms with Gasteiger partial charge in [0.1, 0.15) is 5.75 Å². The summed E-state index contributed by atoms with van der Waals surface area (Å²) >= 11 is 0. The molecule has 2 aliphatic heterocycles. The van der Waals surface area contributed by atoms with Crippen LogP contribution in [0.1, 0.15) is 80.8 Å². The smallest absolute Gasteiger partial charge is 0.254 e. The zero-order valence-electron chi connectivity index (χ0n) is 23.7. The standard InChI is InChI=1S/C32H47N3O2/c1-6-27-10-9-26(5)35(23-27)16-7-21-37-30-14-12-29(13-15-30)33-17-19-34(20-18-33)32(36)31-22-28(24(2)3)11-8-25(31)4/h8,11-15,22,24,26-27H,6-7,9-10,16-21,23H2,1-5H3. The summed E-state index contributed by atoms with van der Waals surface area (Å²) in [5.41, 5.74) is 4.33. The SMILES string of the molecule is CCC1CCC(C)N(CCCOc2ccc(N3CCN(C(=O)c4cc(C(C)C)ccc4C)CC3)cc2)C1. The highest BCUT2D eigenvalue weighted by atomic mass is 16.5. The Hall–Kier alpha value is -2.53. The van der Waals surface area contributed by atoms with E-state index >= 15 is 0 Å². The monoisotopic (exact) mass is 505 g/mol. The first-order chi connectivity index (χ1) is 17.9. The number of ether oxygens (including phenoxy) is 1. The zero-order valence-corrected chi connectivity index (χ0v) is 23.7. The fourth-order valence-electron chi connectivity index (χ4n) is 5.69. The van der Waals surface area contributed by atoms with Crippen molar-refractivity contribution in [2.24, 2.45) is 5.92 Å². The summed E-state index contributed by atoms with van der Waals surface area (Å²) in [7, 11) is 0. The number of anilines is 1. The minimum Gasteiger partial charge on any atom is -0.494 e. The Morgan fingerprint density at radius 3 is 2.43 bits per heavy atom. The lowest BCUT2D eigenvalue weighted by Crippen LogP contribution is -2.49. The summed E-state index contributed by atoms with van der Waals surface area (Å²) in [6.45, 7) is 17.4. The Labute approximate surface area is 224 Å². The van der Waals surface area contributed by atoms with E-state index in [-0.39, 0.29) is 5.91 Å². The minimum absolute atomic E-state index is 0.160. The molecule has 2 aromatic rings. The maximum Gasteiger partial charge on any atom is 0.254 e. The predicted molar refractivity (Wildman–Crippen MR) is 154 cm³/mol. The van der Waals surface area contributed by atoms with E-state index in [1.807, 2.05) is 11.8 Å². The molecule has 2 aliphatic rings. The number of piperazine rings is 1. The summed E-state index contributed by atoms with van der Waals surface area (Å²) in [4.78, 5) is 20.3. The molecule has 2 aromatic carbocycles. The summed E-state index contributed by atoms with van der Waals surface area (Å²) in [5, 5.41) is 0. The van der Waals surface area contributed by atoms with Crippen LogP contribution in [0, 0.1) is 12.8 Å². The molecule has 0 N–H and O–H groups in total. The Kier molecular flexibility index (Phi) is 9.53. The van der Waals surface area contributed by atoms with Gasteiger partial charge in [0.25, 0.3) is 5.91 Å². The van der Waals surface area contributed by atoms with Gasteiger partial charge in [-0.15, -0.1) is 0 Å². The third-order valence-electron chi connectivity index (χ3n) is 8.47. The number of hydrogen-bond donors (Lipinski definition) is 0. The van der Waals surface area contributed by atoms with Gasteiger partial charge in [0.2, 0.25) is 0 Å². The first-order valence-electron chi connectivity index (χ1n) is 14.5. The van der Waals surface area contributed by atoms with Crippen LogP contribution < -0.4 is 9.64 Å². The molecule has 0 bridgehead atoms. The first kappa shape index (κ1) is 27.5. The van der Waals surface area contributed by atoms with Crippen molar-refractivity contribution in [1.29, 1.82) is 0 Å². The number of benzene rings is 2. The number of likely N-dealkylation sites (tertiary alicyclic amines) is 1. The van der Waals surface area contributed by atoms with Gasteiger partial charge in [-0.2, -0.15) is 0 Å².